The summed E-state index contributed by atoms with van der Waals surface area (Å²) in [5.41, 5.74) is 1.63. The number of hydrogen-bond acceptors (Lipinski definition) is 6. The number of carbonyl (C=O) groups is 1. The second kappa shape index (κ2) is 8.93. The molecule has 0 aliphatic carbocycles. The topological polar surface area (TPSA) is 116 Å². The fourth-order valence-corrected chi connectivity index (χ4v) is 3.26. The molecule has 4 aromatic rings. The van der Waals surface area contributed by atoms with Gasteiger partial charge in [-0.15, -0.1) is 0 Å². The fraction of sp³-hybridized carbons (Fsp3) is 0.0417. The second-order valence-corrected chi connectivity index (χ2v) is 6.72. The van der Waals surface area contributed by atoms with Crippen molar-refractivity contribution in [3.8, 4) is 23.3 Å². The van der Waals surface area contributed by atoms with Crippen LogP contribution in [-0.4, -0.2) is 23.3 Å². The fourth-order valence-electron chi connectivity index (χ4n) is 3.26. The van der Waals surface area contributed by atoms with Crippen molar-refractivity contribution in [2.24, 2.45) is 0 Å². The van der Waals surface area contributed by atoms with Crippen LogP contribution in [0.2, 0.25) is 0 Å². The van der Waals surface area contributed by atoms with E-state index in [1.165, 1.54) is 7.11 Å². The van der Waals surface area contributed by atoms with Gasteiger partial charge in [0.1, 0.15) is 29.1 Å². The number of pyridine rings is 1. The quantitative estimate of drug-likeness (QED) is 0.360. The molecule has 8 nitrogen and oxygen atoms in total. The Morgan fingerprint density at radius 3 is 2.59 bits per heavy atom. The highest BCUT2D eigenvalue weighted by molar-refractivity contribution is 6.02. The lowest BCUT2D eigenvalue weighted by Gasteiger charge is -2.13. The van der Waals surface area contributed by atoms with E-state index in [1.54, 1.807) is 48.7 Å². The maximum Gasteiger partial charge on any atom is 0.409 e. The summed E-state index contributed by atoms with van der Waals surface area (Å²) in [6.07, 6.45) is 0.481. The monoisotopic (exact) mass is 426 g/mol. The zero-order chi connectivity index (χ0) is 22.5. The molecule has 0 atom stereocenters. The molecule has 0 saturated heterocycles. The minimum atomic E-state index is -1.13. The summed E-state index contributed by atoms with van der Waals surface area (Å²) in [6.45, 7) is 0. The molecule has 0 radical (unpaired) electrons. The number of aromatic nitrogens is 1. The van der Waals surface area contributed by atoms with Crippen molar-refractivity contribution < 1.29 is 19.4 Å². The first-order valence-electron chi connectivity index (χ1n) is 9.58. The van der Waals surface area contributed by atoms with Crippen LogP contribution < -0.4 is 20.1 Å². The molecule has 0 aliphatic rings. The predicted octanol–water partition coefficient (Wildman–Crippen LogP) is 5.74. The Bertz CT molecular complexity index is 1350. The number of carboxylic acid groups (broad SMARTS) is 1. The molecule has 158 valence electrons. The first-order chi connectivity index (χ1) is 15.6. The summed E-state index contributed by atoms with van der Waals surface area (Å²) < 4.78 is 11.3. The van der Waals surface area contributed by atoms with E-state index in [0.717, 1.165) is 10.8 Å². The molecule has 0 saturated carbocycles. The van der Waals surface area contributed by atoms with Crippen molar-refractivity contribution in [1.29, 1.82) is 5.26 Å². The molecule has 0 fully saturated rings. The number of fused-ring (bicyclic) bond motifs is 1. The van der Waals surface area contributed by atoms with Crippen molar-refractivity contribution >= 4 is 34.1 Å². The highest BCUT2D eigenvalue weighted by atomic mass is 16.5. The molecule has 3 N–H and O–H groups in total. The number of hydrogen-bond donors (Lipinski definition) is 3. The van der Waals surface area contributed by atoms with Crippen LogP contribution in [0.4, 0.5) is 22.0 Å². The molecule has 1 aromatic heterocycles. The molecule has 0 unspecified atom stereocenters. The first kappa shape index (κ1) is 20.5. The van der Waals surface area contributed by atoms with Gasteiger partial charge >= 0.3 is 6.09 Å². The number of rotatable bonds is 6. The average Bonchev–Trinajstić information content (AvgIpc) is 2.80. The number of nitriles is 1. The van der Waals surface area contributed by atoms with Crippen LogP contribution in [0, 0.1) is 11.3 Å². The molecular formula is C24H18N4O4. The van der Waals surface area contributed by atoms with E-state index < -0.39 is 6.09 Å². The number of ether oxygens (including phenoxy) is 2. The van der Waals surface area contributed by atoms with Crippen molar-refractivity contribution in [3.05, 3.63) is 78.5 Å². The summed E-state index contributed by atoms with van der Waals surface area (Å²) in [4.78, 5) is 15.4. The summed E-state index contributed by atoms with van der Waals surface area (Å²) in [5, 5.41) is 25.3. The van der Waals surface area contributed by atoms with Crippen LogP contribution in [0.25, 0.3) is 10.8 Å². The Balaban J connectivity index is 1.61. The first-order valence-corrected chi connectivity index (χ1v) is 9.58. The van der Waals surface area contributed by atoms with Gasteiger partial charge in [-0.2, -0.15) is 5.26 Å². The molecule has 3 aromatic carbocycles. The lowest BCUT2D eigenvalue weighted by Crippen LogP contribution is -2.07. The number of benzene rings is 3. The van der Waals surface area contributed by atoms with Gasteiger partial charge in [-0.1, -0.05) is 24.3 Å². The highest BCUT2D eigenvalue weighted by Crippen LogP contribution is 2.35. The van der Waals surface area contributed by atoms with Crippen molar-refractivity contribution in [3.63, 3.8) is 0 Å². The number of nitrogens with one attached hydrogen (secondary N) is 2. The van der Waals surface area contributed by atoms with Gasteiger partial charge in [0, 0.05) is 34.8 Å². The summed E-state index contributed by atoms with van der Waals surface area (Å²) in [6, 6.07) is 21.4. The summed E-state index contributed by atoms with van der Waals surface area (Å²) in [5.74, 6) is 2.13. The molecule has 0 spiro atoms. The third-order valence-corrected chi connectivity index (χ3v) is 4.68. The Labute approximate surface area is 183 Å². The summed E-state index contributed by atoms with van der Waals surface area (Å²) >= 11 is 0. The van der Waals surface area contributed by atoms with Crippen molar-refractivity contribution in [2.75, 3.05) is 17.7 Å². The van der Waals surface area contributed by atoms with Crippen LogP contribution in [0.15, 0.2) is 72.9 Å². The molecule has 32 heavy (non-hydrogen) atoms. The number of methoxy groups -OCH3 is 1. The van der Waals surface area contributed by atoms with Gasteiger partial charge in [0.05, 0.1) is 18.4 Å². The van der Waals surface area contributed by atoms with E-state index in [9.17, 15) is 4.79 Å². The van der Waals surface area contributed by atoms with Crippen LogP contribution in [0.1, 0.15) is 5.56 Å². The zero-order valence-electron chi connectivity index (χ0n) is 17.0. The normalized spacial score (nSPS) is 10.2. The lowest BCUT2D eigenvalue weighted by molar-refractivity contribution is 0.210. The van der Waals surface area contributed by atoms with E-state index >= 15 is 0 Å². The van der Waals surface area contributed by atoms with E-state index in [1.807, 2.05) is 24.3 Å². The van der Waals surface area contributed by atoms with Crippen molar-refractivity contribution in [2.45, 2.75) is 0 Å². The van der Waals surface area contributed by atoms with E-state index in [-0.39, 0.29) is 0 Å². The summed E-state index contributed by atoms with van der Waals surface area (Å²) in [7, 11) is 1.51. The van der Waals surface area contributed by atoms with E-state index in [4.69, 9.17) is 19.8 Å². The maximum absolute atomic E-state index is 11.1. The van der Waals surface area contributed by atoms with Gasteiger partial charge in [-0.25, -0.2) is 9.78 Å². The molecule has 0 bridgehead atoms. The third-order valence-electron chi connectivity index (χ3n) is 4.68. The van der Waals surface area contributed by atoms with Crippen molar-refractivity contribution in [1.82, 2.24) is 4.98 Å². The highest BCUT2D eigenvalue weighted by Gasteiger charge is 2.10. The van der Waals surface area contributed by atoms with E-state index in [2.05, 4.69) is 21.7 Å². The average molecular weight is 426 g/mol. The third kappa shape index (κ3) is 4.37. The zero-order valence-corrected chi connectivity index (χ0v) is 17.0. The van der Waals surface area contributed by atoms with E-state index in [0.29, 0.717) is 40.0 Å². The van der Waals surface area contributed by atoms with Crippen LogP contribution in [0.5, 0.6) is 17.2 Å². The van der Waals surface area contributed by atoms with Crippen LogP contribution >= 0.6 is 0 Å². The molecule has 0 aliphatic heterocycles. The second-order valence-electron chi connectivity index (χ2n) is 6.72. The SMILES string of the molecule is COc1cc(Nc2cc(Oc3ccc(NC(=O)O)c4ccccc34)ccn2)ccc1C#N. The molecule has 8 heteroatoms. The predicted molar refractivity (Wildman–Crippen MR) is 121 cm³/mol. The minimum absolute atomic E-state index is 0.441. The smallest absolute Gasteiger partial charge is 0.409 e. The number of nitrogens with zero attached hydrogens (tertiary/aromatic N) is 2. The minimum Gasteiger partial charge on any atom is -0.495 e. The van der Waals surface area contributed by atoms with Gasteiger partial charge in [-0.05, 0) is 30.3 Å². The molecular weight excluding hydrogens is 408 g/mol. The number of amides is 1. The largest absolute Gasteiger partial charge is 0.495 e. The van der Waals surface area contributed by atoms with Gasteiger partial charge in [0.2, 0.25) is 0 Å². The Morgan fingerprint density at radius 1 is 1.03 bits per heavy atom. The Hall–Kier alpha value is -4.77. The molecule has 4 rings (SSSR count). The lowest BCUT2D eigenvalue weighted by atomic mass is 10.1. The Kier molecular flexibility index (Phi) is 5.72. The molecule has 1 amide bonds. The maximum atomic E-state index is 11.1. The molecule has 1 heterocycles. The van der Waals surface area contributed by atoms with Gasteiger partial charge in [-0.3, -0.25) is 5.32 Å². The number of anilines is 3. The van der Waals surface area contributed by atoms with Crippen LogP contribution in [0.3, 0.4) is 0 Å². The Morgan fingerprint density at radius 2 is 1.84 bits per heavy atom. The van der Waals surface area contributed by atoms with Gasteiger partial charge in [0.25, 0.3) is 0 Å². The van der Waals surface area contributed by atoms with Crippen LogP contribution in [-0.2, 0) is 0 Å². The van der Waals surface area contributed by atoms with Gasteiger partial charge < -0.3 is 19.9 Å². The van der Waals surface area contributed by atoms with Gasteiger partial charge in [0.15, 0.2) is 0 Å². The standard InChI is InChI=1S/C24H18N4O4/c1-31-22-12-16(7-6-15(22)14-25)27-23-13-17(10-11-26-23)32-21-9-8-20(28-24(29)30)18-4-2-3-5-19(18)21/h2-13,28H,1H3,(H,26,27)(H,29,30).